The van der Waals surface area contributed by atoms with Crippen molar-refractivity contribution in [3.05, 3.63) is 0 Å². The van der Waals surface area contributed by atoms with Gasteiger partial charge < -0.3 is 4.74 Å². The molecule has 1 radical (unpaired) electrons. The Bertz CT molecular complexity index is 43.3. The molecule has 2 atom stereocenters. The highest BCUT2D eigenvalue weighted by Crippen LogP contribution is 1.93. The molecule has 0 bridgehead atoms. The molecular weight excluding hydrogens is 92.1 g/mol. The zero-order valence-electron chi connectivity index (χ0n) is 4.97. The first kappa shape index (κ1) is 6.92. The number of methoxy groups -OCH3 is 1. The summed E-state index contributed by atoms with van der Waals surface area (Å²) >= 11 is 0. The minimum atomic E-state index is -0.606. The lowest BCUT2D eigenvalue weighted by molar-refractivity contribution is -0.0274. The van der Waals surface area contributed by atoms with Crippen molar-refractivity contribution in [2.24, 2.45) is 0 Å². The molecule has 2 nitrogen and oxygen atoms in total. The van der Waals surface area contributed by atoms with E-state index in [0.717, 1.165) is 0 Å². The van der Waals surface area contributed by atoms with Gasteiger partial charge >= 0.3 is 0 Å². The minimum Gasteiger partial charge on any atom is -0.379 e. The second-order valence-electron chi connectivity index (χ2n) is 1.65. The van der Waals surface area contributed by atoms with Crippen LogP contribution in [0.25, 0.3) is 0 Å². The standard InChI is InChI=1S/C5H11O2/c1-4(6)5(2)7-3/h4-5H,1-3H3. The normalized spacial score (nSPS) is 18.9. The Labute approximate surface area is 44.1 Å². The van der Waals surface area contributed by atoms with Gasteiger partial charge in [-0.3, -0.25) is 0 Å². The molecule has 0 amide bonds. The van der Waals surface area contributed by atoms with Gasteiger partial charge in [0.25, 0.3) is 0 Å². The SMILES string of the molecule is COC(C)C(C)[O]. The topological polar surface area (TPSA) is 29.1 Å². The summed E-state index contributed by atoms with van der Waals surface area (Å²) in [7, 11) is 1.54. The minimum absolute atomic E-state index is 0.153. The Morgan fingerprint density at radius 2 is 1.86 bits per heavy atom. The van der Waals surface area contributed by atoms with Crippen LogP contribution in [0.2, 0.25) is 0 Å². The van der Waals surface area contributed by atoms with E-state index in [0.29, 0.717) is 0 Å². The van der Waals surface area contributed by atoms with E-state index in [-0.39, 0.29) is 6.10 Å². The van der Waals surface area contributed by atoms with Crippen LogP contribution >= 0.6 is 0 Å². The monoisotopic (exact) mass is 103 g/mol. The van der Waals surface area contributed by atoms with Crippen LogP contribution in [0.5, 0.6) is 0 Å². The van der Waals surface area contributed by atoms with Crippen LogP contribution in [-0.2, 0) is 9.84 Å². The van der Waals surface area contributed by atoms with Crippen LogP contribution in [0, 0.1) is 0 Å². The third-order valence-electron chi connectivity index (χ3n) is 1.03. The Kier molecular flexibility index (Phi) is 2.96. The zero-order chi connectivity index (χ0) is 5.86. The summed E-state index contributed by atoms with van der Waals surface area (Å²) in [6.07, 6.45) is -0.759. The lowest BCUT2D eigenvalue weighted by Crippen LogP contribution is -2.19. The molecule has 0 saturated heterocycles. The summed E-state index contributed by atoms with van der Waals surface area (Å²) in [5.74, 6) is 0. The Morgan fingerprint density at radius 1 is 1.43 bits per heavy atom. The number of hydrogen-bond donors (Lipinski definition) is 0. The second kappa shape index (κ2) is 2.99. The summed E-state index contributed by atoms with van der Waals surface area (Å²) in [6.45, 7) is 3.35. The van der Waals surface area contributed by atoms with Gasteiger partial charge in [0.15, 0.2) is 0 Å². The van der Waals surface area contributed by atoms with Gasteiger partial charge in [-0.05, 0) is 13.8 Å². The maximum Gasteiger partial charge on any atom is 0.116 e. The Balaban J connectivity index is 3.14. The first-order chi connectivity index (χ1) is 3.18. The van der Waals surface area contributed by atoms with Crippen LogP contribution in [0.4, 0.5) is 0 Å². The van der Waals surface area contributed by atoms with E-state index >= 15 is 0 Å². The Hall–Kier alpha value is -0.0800. The first-order valence-corrected chi connectivity index (χ1v) is 2.37. The van der Waals surface area contributed by atoms with Gasteiger partial charge in [-0.1, -0.05) is 0 Å². The van der Waals surface area contributed by atoms with Crippen molar-refractivity contribution in [3.8, 4) is 0 Å². The third kappa shape index (κ3) is 2.60. The average molecular weight is 103 g/mol. The van der Waals surface area contributed by atoms with E-state index < -0.39 is 6.10 Å². The summed E-state index contributed by atoms with van der Waals surface area (Å²) in [6, 6.07) is 0. The second-order valence-corrected chi connectivity index (χ2v) is 1.65. The van der Waals surface area contributed by atoms with Gasteiger partial charge in [0.1, 0.15) is 6.10 Å². The molecule has 2 unspecified atom stereocenters. The smallest absolute Gasteiger partial charge is 0.116 e. The van der Waals surface area contributed by atoms with Crippen molar-refractivity contribution >= 4 is 0 Å². The fourth-order valence-corrected chi connectivity index (χ4v) is 0.192. The van der Waals surface area contributed by atoms with Crippen LogP contribution in [0.1, 0.15) is 13.8 Å². The molecule has 0 spiro atoms. The third-order valence-corrected chi connectivity index (χ3v) is 1.03. The average Bonchev–Trinajstić information content (AvgIpc) is 1.65. The molecule has 0 saturated carbocycles. The van der Waals surface area contributed by atoms with Crippen LogP contribution in [0.3, 0.4) is 0 Å². The molecule has 0 N–H and O–H groups in total. The fourth-order valence-electron chi connectivity index (χ4n) is 0.192. The molecule has 0 aromatic carbocycles. The van der Waals surface area contributed by atoms with Crippen LogP contribution in [-0.4, -0.2) is 19.3 Å². The lowest BCUT2D eigenvalue weighted by Gasteiger charge is -2.08. The molecule has 0 aliphatic carbocycles. The maximum absolute atomic E-state index is 10.3. The molecule has 0 aromatic heterocycles. The molecule has 0 aliphatic heterocycles. The van der Waals surface area contributed by atoms with Gasteiger partial charge in [-0.2, -0.15) is 0 Å². The van der Waals surface area contributed by atoms with Gasteiger partial charge in [-0.25, -0.2) is 5.11 Å². The molecule has 43 valence electrons. The quantitative estimate of drug-likeness (QED) is 0.509. The number of hydrogen-bond acceptors (Lipinski definition) is 1. The number of rotatable bonds is 2. The van der Waals surface area contributed by atoms with E-state index in [1.165, 1.54) is 0 Å². The van der Waals surface area contributed by atoms with Gasteiger partial charge in [0.2, 0.25) is 0 Å². The molecular formula is C5H11O2. The fraction of sp³-hybridized carbons (Fsp3) is 1.00. The van der Waals surface area contributed by atoms with Gasteiger partial charge in [0.05, 0.1) is 6.10 Å². The van der Waals surface area contributed by atoms with Crippen molar-refractivity contribution < 1.29 is 9.84 Å². The molecule has 0 aromatic rings. The zero-order valence-corrected chi connectivity index (χ0v) is 4.97. The Morgan fingerprint density at radius 3 is 1.86 bits per heavy atom. The van der Waals surface area contributed by atoms with Crippen LogP contribution < -0.4 is 0 Å². The van der Waals surface area contributed by atoms with Crippen molar-refractivity contribution in [1.29, 1.82) is 0 Å². The van der Waals surface area contributed by atoms with E-state index in [1.807, 2.05) is 0 Å². The maximum atomic E-state index is 10.3. The molecule has 2 heteroatoms. The predicted molar refractivity (Wildman–Crippen MR) is 26.6 cm³/mol. The first-order valence-electron chi connectivity index (χ1n) is 2.37. The largest absolute Gasteiger partial charge is 0.379 e. The summed E-state index contributed by atoms with van der Waals surface area (Å²) in [4.78, 5) is 0. The van der Waals surface area contributed by atoms with Gasteiger partial charge in [-0.15, -0.1) is 0 Å². The summed E-state index contributed by atoms with van der Waals surface area (Å²) in [5.41, 5.74) is 0. The molecule has 7 heavy (non-hydrogen) atoms. The highest BCUT2D eigenvalue weighted by atomic mass is 16.5. The number of ether oxygens (including phenoxy) is 1. The summed E-state index contributed by atoms with van der Waals surface area (Å²) in [5, 5.41) is 10.3. The lowest BCUT2D eigenvalue weighted by atomic mass is 10.3. The molecule has 0 aliphatic rings. The highest BCUT2D eigenvalue weighted by molar-refractivity contribution is 4.53. The van der Waals surface area contributed by atoms with Crippen molar-refractivity contribution in [1.82, 2.24) is 0 Å². The van der Waals surface area contributed by atoms with Gasteiger partial charge in [0, 0.05) is 7.11 Å². The van der Waals surface area contributed by atoms with E-state index in [1.54, 1.807) is 21.0 Å². The van der Waals surface area contributed by atoms with Crippen molar-refractivity contribution in [2.75, 3.05) is 7.11 Å². The summed E-state index contributed by atoms with van der Waals surface area (Å²) < 4.78 is 4.70. The van der Waals surface area contributed by atoms with E-state index in [4.69, 9.17) is 4.74 Å². The van der Waals surface area contributed by atoms with E-state index in [9.17, 15) is 5.11 Å². The molecule has 0 fully saturated rings. The van der Waals surface area contributed by atoms with Crippen molar-refractivity contribution in [2.45, 2.75) is 26.1 Å². The van der Waals surface area contributed by atoms with E-state index in [2.05, 4.69) is 0 Å². The predicted octanol–water partition coefficient (Wildman–Crippen LogP) is 0.840. The molecule has 0 heterocycles. The molecule has 0 rings (SSSR count). The van der Waals surface area contributed by atoms with Crippen molar-refractivity contribution in [3.63, 3.8) is 0 Å². The highest BCUT2D eigenvalue weighted by Gasteiger charge is 2.06. The van der Waals surface area contributed by atoms with Crippen LogP contribution in [0.15, 0.2) is 0 Å².